The molecule has 6 heteroatoms. The number of nitrogens with one attached hydrogen (secondary N) is 1. The second kappa shape index (κ2) is 9.25. The average Bonchev–Trinajstić information content (AvgIpc) is 2.90. The predicted octanol–water partition coefficient (Wildman–Crippen LogP) is 2.84. The number of benzene rings is 1. The van der Waals surface area contributed by atoms with Gasteiger partial charge in [0.15, 0.2) is 11.5 Å². The van der Waals surface area contributed by atoms with E-state index in [0.717, 1.165) is 31.5 Å². The number of methoxy groups -OCH3 is 3. The lowest BCUT2D eigenvalue weighted by atomic mass is 10.1. The maximum Gasteiger partial charge on any atom is 0.317 e. The van der Waals surface area contributed by atoms with Gasteiger partial charge in [-0.15, -0.1) is 0 Å². The largest absolute Gasteiger partial charge is 0.493 e. The Morgan fingerprint density at radius 3 is 2.25 bits per heavy atom. The molecule has 134 valence electrons. The highest BCUT2D eigenvalue weighted by Crippen LogP contribution is 2.39. The molecule has 0 unspecified atom stereocenters. The summed E-state index contributed by atoms with van der Waals surface area (Å²) >= 11 is 0. The van der Waals surface area contributed by atoms with E-state index in [1.807, 2.05) is 17.0 Å². The Morgan fingerprint density at radius 2 is 1.67 bits per heavy atom. The third-order valence-corrected chi connectivity index (χ3v) is 4.35. The van der Waals surface area contributed by atoms with Crippen LogP contribution < -0.4 is 19.5 Å². The van der Waals surface area contributed by atoms with Crippen LogP contribution in [0.25, 0.3) is 0 Å². The normalized spacial score (nSPS) is 14.7. The van der Waals surface area contributed by atoms with Crippen LogP contribution in [0.1, 0.15) is 31.2 Å². The van der Waals surface area contributed by atoms with Gasteiger partial charge in [0.25, 0.3) is 0 Å². The fourth-order valence-corrected chi connectivity index (χ4v) is 3.05. The summed E-state index contributed by atoms with van der Waals surface area (Å²) < 4.78 is 16.1. The smallest absolute Gasteiger partial charge is 0.317 e. The Bertz CT molecular complexity index is 540. The fourth-order valence-electron chi connectivity index (χ4n) is 3.05. The van der Waals surface area contributed by atoms with E-state index in [2.05, 4.69) is 5.32 Å². The molecule has 0 atom stereocenters. The Labute approximate surface area is 144 Å². The number of amides is 2. The van der Waals surface area contributed by atoms with E-state index < -0.39 is 0 Å². The molecule has 6 nitrogen and oxygen atoms in total. The van der Waals surface area contributed by atoms with Gasteiger partial charge in [0.05, 0.1) is 21.3 Å². The summed E-state index contributed by atoms with van der Waals surface area (Å²) in [5.74, 6) is 1.86. The van der Waals surface area contributed by atoms with Crippen LogP contribution in [0, 0.1) is 0 Å². The number of nitrogens with zero attached hydrogens (tertiary/aromatic N) is 1. The van der Waals surface area contributed by atoms with Gasteiger partial charge in [0, 0.05) is 25.2 Å². The average molecular weight is 336 g/mol. The standard InChI is InChI=1S/C18H28N2O4/c1-22-15-9-8-14(16(23-2)17(15)24-3)10-11-19-18(21)20-12-6-4-5-7-13-20/h8-9H,4-7,10-13H2,1-3H3,(H,19,21). The van der Waals surface area contributed by atoms with Gasteiger partial charge in [-0.3, -0.25) is 0 Å². The molecule has 0 bridgehead atoms. The summed E-state index contributed by atoms with van der Waals surface area (Å²) in [5.41, 5.74) is 0.978. The number of carbonyl (C=O) groups excluding carboxylic acids is 1. The van der Waals surface area contributed by atoms with Crippen LogP contribution in [0.4, 0.5) is 4.79 Å². The molecule has 24 heavy (non-hydrogen) atoms. The highest BCUT2D eigenvalue weighted by Gasteiger charge is 2.17. The lowest BCUT2D eigenvalue weighted by Crippen LogP contribution is -2.41. The number of carbonyl (C=O) groups is 1. The summed E-state index contributed by atoms with van der Waals surface area (Å²) in [5, 5.41) is 3.01. The lowest BCUT2D eigenvalue weighted by molar-refractivity contribution is 0.200. The summed E-state index contributed by atoms with van der Waals surface area (Å²) in [6, 6.07) is 3.82. The molecular formula is C18H28N2O4. The summed E-state index contributed by atoms with van der Waals surface area (Å²) in [6.45, 7) is 2.26. The van der Waals surface area contributed by atoms with E-state index in [0.29, 0.717) is 30.2 Å². The monoisotopic (exact) mass is 336 g/mol. The second-order valence-corrected chi connectivity index (χ2v) is 5.88. The van der Waals surface area contributed by atoms with Gasteiger partial charge in [-0.05, 0) is 25.3 Å². The molecule has 1 saturated heterocycles. The zero-order valence-corrected chi connectivity index (χ0v) is 14.9. The van der Waals surface area contributed by atoms with E-state index >= 15 is 0 Å². The first-order chi connectivity index (χ1) is 11.7. The van der Waals surface area contributed by atoms with Crippen LogP contribution in [-0.2, 0) is 6.42 Å². The Balaban J connectivity index is 1.95. The topological polar surface area (TPSA) is 60.0 Å². The van der Waals surface area contributed by atoms with Crippen molar-refractivity contribution in [3.63, 3.8) is 0 Å². The first kappa shape index (κ1) is 18.2. The van der Waals surface area contributed by atoms with Crippen molar-refractivity contribution in [1.82, 2.24) is 10.2 Å². The van der Waals surface area contributed by atoms with Crippen LogP contribution in [0.15, 0.2) is 12.1 Å². The Kier molecular flexibility index (Phi) is 7.03. The number of ether oxygens (including phenoxy) is 3. The van der Waals surface area contributed by atoms with Gasteiger partial charge >= 0.3 is 6.03 Å². The molecule has 0 spiro atoms. The minimum absolute atomic E-state index is 0.0244. The van der Waals surface area contributed by atoms with Crippen molar-refractivity contribution in [2.45, 2.75) is 32.1 Å². The van der Waals surface area contributed by atoms with Gasteiger partial charge in [0.1, 0.15) is 0 Å². The van der Waals surface area contributed by atoms with E-state index in [9.17, 15) is 4.79 Å². The van der Waals surface area contributed by atoms with E-state index in [1.165, 1.54) is 12.8 Å². The van der Waals surface area contributed by atoms with Crippen molar-refractivity contribution in [3.8, 4) is 17.2 Å². The third-order valence-electron chi connectivity index (χ3n) is 4.35. The zero-order chi connectivity index (χ0) is 17.4. The van der Waals surface area contributed by atoms with Crippen molar-refractivity contribution in [1.29, 1.82) is 0 Å². The molecule has 0 aromatic heterocycles. The maximum atomic E-state index is 12.3. The molecule has 2 rings (SSSR count). The highest BCUT2D eigenvalue weighted by molar-refractivity contribution is 5.74. The van der Waals surface area contributed by atoms with Crippen molar-refractivity contribution >= 4 is 6.03 Å². The van der Waals surface area contributed by atoms with E-state index in [1.54, 1.807) is 21.3 Å². The number of urea groups is 1. The molecule has 1 N–H and O–H groups in total. The van der Waals surface area contributed by atoms with Gasteiger partial charge in [-0.25, -0.2) is 4.79 Å². The number of hydrogen-bond donors (Lipinski definition) is 1. The minimum Gasteiger partial charge on any atom is -0.493 e. The molecule has 1 aromatic rings. The molecule has 0 aliphatic carbocycles. The predicted molar refractivity (Wildman–Crippen MR) is 93.2 cm³/mol. The molecule has 0 saturated carbocycles. The first-order valence-electron chi connectivity index (χ1n) is 8.52. The maximum absolute atomic E-state index is 12.3. The van der Waals surface area contributed by atoms with Crippen molar-refractivity contribution in [2.24, 2.45) is 0 Å². The quantitative estimate of drug-likeness (QED) is 0.868. The SMILES string of the molecule is COc1ccc(CCNC(=O)N2CCCCCC2)c(OC)c1OC. The zero-order valence-electron chi connectivity index (χ0n) is 14.9. The third kappa shape index (κ3) is 4.46. The Hall–Kier alpha value is -2.11. The molecular weight excluding hydrogens is 308 g/mol. The van der Waals surface area contributed by atoms with E-state index in [-0.39, 0.29) is 6.03 Å². The van der Waals surface area contributed by atoms with Crippen LogP contribution in [-0.4, -0.2) is 51.9 Å². The van der Waals surface area contributed by atoms with Gasteiger partial charge < -0.3 is 24.4 Å². The first-order valence-corrected chi connectivity index (χ1v) is 8.52. The minimum atomic E-state index is 0.0244. The second-order valence-electron chi connectivity index (χ2n) is 5.88. The number of likely N-dealkylation sites (tertiary alicyclic amines) is 1. The molecule has 2 amide bonds. The lowest BCUT2D eigenvalue weighted by Gasteiger charge is -2.21. The van der Waals surface area contributed by atoms with E-state index in [4.69, 9.17) is 14.2 Å². The number of hydrogen-bond acceptors (Lipinski definition) is 4. The summed E-state index contributed by atoms with van der Waals surface area (Å²) in [4.78, 5) is 14.2. The van der Waals surface area contributed by atoms with Crippen LogP contribution in [0.5, 0.6) is 17.2 Å². The molecule has 1 fully saturated rings. The molecule has 1 aliphatic heterocycles. The molecule has 1 heterocycles. The van der Waals surface area contributed by atoms with Crippen LogP contribution >= 0.6 is 0 Å². The molecule has 1 aliphatic rings. The van der Waals surface area contributed by atoms with Crippen LogP contribution in [0.3, 0.4) is 0 Å². The van der Waals surface area contributed by atoms with Gasteiger partial charge in [0.2, 0.25) is 5.75 Å². The van der Waals surface area contributed by atoms with Crippen molar-refractivity contribution in [3.05, 3.63) is 17.7 Å². The van der Waals surface area contributed by atoms with Crippen LogP contribution in [0.2, 0.25) is 0 Å². The van der Waals surface area contributed by atoms with Gasteiger partial charge in [-0.1, -0.05) is 18.9 Å². The van der Waals surface area contributed by atoms with Crippen molar-refractivity contribution < 1.29 is 19.0 Å². The summed E-state index contributed by atoms with van der Waals surface area (Å²) in [6.07, 6.45) is 5.29. The molecule has 0 radical (unpaired) electrons. The highest BCUT2D eigenvalue weighted by atomic mass is 16.5. The Morgan fingerprint density at radius 1 is 1.00 bits per heavy atom. The van der Waals surface area contributed by atoms with Gasteiger partial charge in [-0.2, -0.15) is 0 Å². The van der Waals surface area contributed by atoms with Crippen molar-refractivity contribution in [2.75, 3.05) is 41.0 Å². The molecule has 1 aromatic carbocycles. The number of rotatable bonds is 6. The fraction of sp³-hybridized carbons (Fsp3) is 0.611. The summed E-state index contributed by atoms with van der Waals surface area (Å²) in [7, 11) is 4.79.